The van der Waals surface area contributed by atoms with Crippen molar-refractivity contribution in [3.05, 3.63) is 94.0 Å². The van der Waals surface area contributed by atoms with Crippen LogP contribution in [0.1, 0.15) is 27.0 Å². The van der Waals surface area contributed by atoms with E-state index in [0.29, 0.717) is 41.9 Å². The largest absolute Gasteiger partial charge is 0.478 e. The molecular weight excluding hydrogens is 388 g/mol. The van der Waals surface area contributed by atoms with Crippen LogP contribution in [-0.2, 0) is 13.1 Å². The number of ketones is 1. The minimum absolute atomic E-state index is 0.116. The van der Waals surface area contributed by atoms with Crippen LogP contribution in [-0.4, -0.2) is 22.4 Å². The normalized spacial score (nSPS) is 16.9. The number of fused-ring (bicyclic) bond motifs is 3. The fourth-order valence-electron chi connectivity index (χ4n) is 3.56. The molecule has 0 saturated heterocycles. The van der Waals surface area contributed by atoms with Gasteiger partial charge in [-0.25, -0.2) is 0 Å². The Labute approximate surface area is 173 Å². The van der Waals surface area contributed by atoms with Crippen LogP contribution in [0.2, 0.25) is 5.02 Å². The number of pyridine rings is 1. The van der Waals surface area contributed by atoms with Gasteiger partial charge in [0, 0.05) is 30.5 Å². The first-order chi connectivity index (χ1) is 14.2. The van der Waals surface area contributed by atoms with Crippen molar-refractivity contribution in [3.63, 3.8) is 0 Å². The molecule has 3 aromatic rings. The molecule has 0 radical (unpaired) electrons. The van der Waals surface area contributed by atoms with Gasteiger partial charge in [-0.15, -0.1) is 0 Å². The first-order valence-electron chi connectivity index (χ1n) is 9.27. The Bertz CT molecular complexity index is 1110. The molecule has 5 rings (SSSR count). The Hall–Kier alpha value is -3.15. The number of hydrogen-bond acceptors (Lipinski definition) is 5. The number of rotatable bonds is 3. The van der Waals surface area contributed by atoms with Gasteiger partial charge >= 0.3 is 0 Å². The Morgan fingerprint density at radius 2 is 1.86 bits per heavy atom. The summed E-state index contributed by atoms with van der Waals surface area (Å²) in [6, 6.07) is 15.1. The van der Waals surface area contributed by atoms with E-state index < -0.39 is 0 Å². The third-order valence-electron chi connectivity index (χ3n) is 5.01. The van der Waals surface area contributed by atoms with Crippen LogP contribution in [0.25, 0.3) is 6.08 Å². The molecule has 0 unspecified atom stereocenters. The number of nitrogens with zero attached hydrogens (tertiary/aromatic N) is 2. The molecule has 2 aliphatic rings. The summed E-state index contributed by atoms with van der Waals surface area (Å²) in [5, 5.41) is 0.715. The number of carbonyl (C=O) groups excluding carboxylic acids is 1. The van der Waals surface area contributed by atoms with Crippen molar-refractivity contribution in [2.45, 2.75) is 13.1 Å². The molecule has 5 nitrogen and oxygen atoms in total. The quantitative estimate of drug-likeness (QED) is 0.592. The van der Waals surface area contributed by atoms with Crippen LogP contribution in [0, 0.1) is 0 Å². The summed E-state index contributed by atoms with van der Waals surface area (Å²) in [5.41, 5.74) is 3.48. The molecule has 0 spiro atoms. The van der Waals surface area contributed by atoms with Crippen LogP contribution < -0.4 is 9.47 Å². The van der Waals surface area contributed by atoms with Gasteiger partial charge in [0.2, 0.25) is 5.78 Å². The monoisotopic (exact) mass is 404 g/mol. The van der Waals surface area contributed by atoms with Gasteiger partial charge in [0.15, 0.2) is 5.76 Å². The lowest BCUT2D eigenvalue weighted by molar-refractivity contribution is 0.0873. The number of halogens is 1. The van der Waals surface area contributed by atoms with E-state index in [9.17, 15) is 4.79 Å². The zero-order chi connectivity index (χ0) is 19.8. The maximum Gasteiger partial charge on any atom is 0.231 e. The van der Waals surface area contributed by atoms with E-state index in [1.807, 2.05) is 42.5 Å². The van der Waals surface area contributed by atoms with Crippen molar-refractivity contribution < 1.29 is 14.3 Å². The van der Waals surface area contributed by atoms with E-state index in [4.69, 9.17) is 21.1 Å². The number of benzene rings is 2. The number of aromatic nitrogens is 1. The van der Waals surface area contributed by atoms with Crippen LogP contribution in [0.5, 0.6) is 11.5 Å². The van der Waals surface area contributed by atoms with E-state index in [-0.39, 0.29) is 5.78 Å². The number of hydrogen-bond donors (Lipinski definition) is 0. The number of ether oxygens (including phenoxy) is 2. The van der Waals surface area contributed by atoms with Crippen LogP contribution in [0.4, 0.5) is 0 Å². The van der Waals surface area contributed by atoms with Gasteiger partial charge in [-0.3, -0.25) is 14.7 Å². The molecule has 0 N–H and O–H groups in total. The zero-order valence-corrected chi connectivity index (χ0v) is 16.2. The van der Waals surface area contributed by atoms with Gasteiger partial charge in [-0.05, 0) is 53.6 Å². The molecule has 0 fully saturated rings. The van der Waals surface area contributed by atoms with Crippen LogP contribution >= 0.6 is 11.6 Å². The molecule has 0 bridgehead atoms. The van der Waals surface area contributed by atoms with E-state index in [1.165, 1.54) is 0 Å². The lowest BCUT2D eigenvalue weighted by Crippen LogP contribution is -2.31. The summed E-state index contributed by atoms with van der Waals surface area (Å²) in [7, 11) is 0. The highest BCUT2D eigenvalue weighted by atomic mass is 35.5. The summed E-state index contributed by atoms with van der Waals surface area (Å²) >= 11 is 5.98. The Morgan fingerprint density at radius 3 is 2.66 bits per heavy atom. The topological polar surface area (TPSA) is 51.7 Å². The fraction of sp³-hybridized carbons (Fsp3) is 0.130. The standard InChI is InChI=1S/C23H17ClN2O3/c24-17-3-1-16(2-4-17)12-26-13-19-20(28-14-26)6-5-18-22(27)21(29-23(18)19)11-15-7-9-25-10-8-15/h1-11H,12-14H2/b21-11-. The van der Waals surface area contributed by atoms with Gasteiger partial charge in [0.1, 0.15) is 18.2 Å². The van der Waals surface area contributed by atoms with Crippen molar-refractivity contribution >= 4 is 23.5 Å². The van der Waals surface area contributed by atoms with E-state index in [0.717, 1.165) is 22.4 Å². The summed E-state index contributed by atoms with van der Waals surface area (Å²) in [4.78, 5) is 19.0. The molecule has 0 aliphatic carbocycles. The van der Waals surface area contributed by atoms with Crippen LogP contribution in [0.3, 0.4) is 0 Å². The van der Waals surface area contributed by atoms with Crippen molar-refractivity contribution in [2.24, 2.45) is 0 Å². The lowest BCUT2D eigenvalue weighted by atomic mass is 10.0. The van der Waals surface area contributed by atoms with E-state index in [2.05, 4.69) is 9.88 Å². The molecule has 0 atom stereocenters. The third kappa shape index (κ3) is 3.50. The Morgan fingerprint density at radius 1 is 1.07 bits per heavy atom. The van der Waals surface area contributed by atoms with Crippen molar-refractivity contribution in [3.8, 4) is 11.5 Å². The maximum absolute atomic E-state index is 12.8. The van der Waals surface area contributed by atoms with Gasteiger partial charge < -0.3 is 9.47 Å². The van der Waals surface area contributed by atoms with E-state index in [1.54, 1.807) is 24.5 Å². The lowest BCUT2D eigenvalue weighted by Gasteiger charge is -2.29. The van der Waals surface area contributed by atoms with Gasteiger partial charge in [0.05, 0.1) is 11.1 Å². The molecule has 2 aliphatic heterocycles. The van der Waals surface area contributed by atoms with E-state index >= 15 is 0 Å². The highest BCUT2D eigenvalue weighted by Gasteiger charge is 2.33. The fourth-order valence-corrected chi connectivity index (χ4v) is 3.69. The molecule has 1 aromatic heterocycles. The second kappa shape index (κ2) is 7.35. The Balaban J connectivity index is 1.42. The first kappa shape index (κ1) is 17.9. The molecule has 144 valence electrons. The molecule has 0 amide bonds. The predicted octanol–water partition coefficient (Wildman–Crippen LogP) is 4.70. The summed E-state index contributed by atoms with van der Waals surface area (Å²) in [5.74, 6) is 1.55. The average molecular weight is 405 g/mol. The highest BCUT2D eigenvalue weighted by Crippen LogP contribution is 2.42. The Kier molecular flexibility index (Phi) is 4.54. The third-order valence-corrected chi connectivity index (χ3v) is 5.26. The smallest absolute Gasteiger partial charge is 0.231 e. The molecule has 29 heavy (non-hydrogen) atoms. The van der Waals surface area contributed by atoms with Gasteiger partial charge in [-0.2, -0.15) is 0 Å². The van der Waals surface area contributed by atoms with Gasteiger partial charge in [-0.1, -0.05) is 23.7 Å². The average Bonchev–Trinajstić information content (AvgIpc) is 3.06. The van der Waals surface area contributed by atoms with Crippen molar-refractivity contribution in [1.82, 2.24) is 9.88 Å². The summed E-state index contributed by atoms with van der Waals surface area (Å²) in [6.45, 7) is 1.83. The second-order valence-electron chi connectivity index (χ2n) is 7.03. The van der Waals surface area contributed by atoms with Crippen LogP contribution in [0.15, 0.2) is 66.7 Å². The number of Topliss-reactive ketones (excluding diaryl/α,β-unsaturated/α-hetero) is 1. The molecule has 6 heteroatoms. The second-order valence-corrected chi connectivity index (χ2v) is 7.46. The highest BCUT2D eigenvalue weighted by molar-refractivity contribution is 6.30. The SMILES string of the molecule is O=C1/C(=C/c2ccncc2)Oc2c1ccc1c2CN(Cc2ccc(Cl)cc2)CO1. The van der Waals surface area contributed by atoms with Crippen molar-refractivity contribution in [1.29, 1.82) is 0 Å². The summed E-state index contributed by atoms with van der Waals surface area (Å²) < 4.78 is 11.9. The molecular formula is C23H17ClN2O3. The minimum atomic E-state index is -0.116. The maximum atomic E-state index is 12.8. The molecule has 3 heterocycles. The van der Waals surface area contributed by atoms with Crippen molar-refractivity contribution in [2.75, 3.05) is 6.73 Å². The summed E-state index contributed by atoms with van der Waals surface area (Å²) in [6.07, 6.45) is 5.11. The molecule has 2 aromatic carbocycles. The van der Waals surface area contributed by atoms with Gasteiger partial charge in [0.25, 0.3) is 0 Å². The minimum Gasteiger partial charge on any atom is -0.478 e. The zero-order valence-electron chi connectivity index (χ0n) is 15.5. The number of allylic oxidation sites excluding steroid dienone is 1. The first-order valence-corrected chi connectivity index (χ1v) is 9.65. The predicted molar refractivity (Wildman–Crippen MR) is 110 cm³/mol. The number of carbonyl (C=O) groups is 1. The molecule has 0 saturated carbocycles.